The van der Waals surface area contributed by atoms with Crippen molar-refractivity contribution in [2.45, 2.75) is 26.9 Å². The van der Waals surface area contributed by atoms with Gasteiger partial charge >= 0.3 is 5.97 Å². The molecule has 0 saturated carbocycles. The van der Waals surface area contributed by atoms with Gasteiger partial charge in [0.25, 0.3) is 17.7 Å². The van der Waals surface area contributed by atoms with Crippen LogP contribution in [0.3, 0.4) is 0 Å². The fraction of sp³-hybridized carbons (Fsp3) is 0.171. The van der Waals surface area contributed by atoms with Gasteiger partial charge in [0.2, 0.25) is 0 Å². The number of hydrogen-bond donors (Lipinski definition) is 3. The van der Waals surface area contributed by atoms with Crippen molar-refractivity contribution in [3.05, 3.63) is 161 Å². The predicted molar refractivity (Wildman–Crippen MR) is 197 cm³/mol. The average Bonchev–Trinajstić information content (AvgIpc) is 3.15. The standard InChI is InChI=1S/C41H40N4O5/c1-29(2)27-44(36-21-15-32(16-22-36)39(48)43-26-38(46)47)40(49)34-17-23-37(24-18-34)45(28-31-11-7-4-8-12-31)41(50)33-13-19-35(20-14-33)42-25-30-9-5-3-6-10-30/h3-24,29,42H,25-28H2,1-2H3,(H,43,48)(H,46,47). The number of anilines is 3. The number of hydrogen-bond acceptors (Lipinski definition) is 5. The Morgan fingerprint density at radius 3 is 1.62 bits per heavy atom. The number of rotatable bonds is 14. The highest BCUT2D eigenvalue weighted by Crippen LogP contribution is 2.25. The first-order valence-electron chi connectivity index (χ1n) is 16.4. The molecule has 0 saturated heterocycles. The number of carboxylic acids is 1. The number of nitrogens with one attached hydrogen (secondary N) is 2. The highest BCUT2D eigenvalue weighted by molar-refractivity contribution is 6.08. The van der Waals surface area contributed by atoms with Crippen LogP contribution in [0.15, 0.2) is 133 Å². The highest BCUT2D eigenvalue weighted by atomic mass is 16.4. The number of carbonyl (C=O) groups excluding carboxylic acids is 3. The summed E-state index contributed by atoms with van der Waals surface area (Å²) in [6, 6.07) is 40.8. The van der Waals surface area contributed by atoms with Gasteiger partial charge in [-0.1, -0.05) is 74.5 Å². The predicted octanol–water partition coefficient (Wildman–Crippen LogP) is 7.26. The van der Waals surface area contributed by atoms with Crippen LogP contribution < -0.4 is 20.4 Å². The molecule has 0 unspecified atom stereocenters. The summed E-state index contributed by atoms with van der Waals surface area (Å²) < 4.78 is 0. The molecule has 9 nitrogen and oxygen atoms in total. The van der Waals surface area contributed by atoms with Crippen LogP contribution in [0.25, 0.3) is 0 Å². The van der Waals surface area contributed by atoms with Crippen LogP contribution in [0.5, 0.6) is 0 Å². The normalized spacial score (nSPS) is 10.7. The Morgan fingerprint density at radius 1 is 0.600 bits per heavy atom. The summed E-state index contributed by atoms with van der Waals surface area (Å²) in [7, 11) is 0. The van der Waals surface area contributed by atoms with Crippen LogP contribution in [-0.2, 0) is 17.9 Å². The molecule has 50 heavy (non-hydrogen) atoms. The van der Waals surface area contributed by atoms with Crippen molar-refractivity contribution in [3.8, 4) is 0 Å². The van der Waals surface area contributed by atoms with Crippen molar-refractivity contribution in [1.82, 2.24) is 5.32 Å². The smallest absolute Gasteiger partial charge is 0.322 e. The topological polar surface area (TPSA) is 119 Å². The largest absolute Gasteiger partial charge is 0.480 e. The summed E-state index contributed by atoms with van der Waals surface area (Å²) in [6.07, 6.45) is 0. The van der Waals surface area contributed by atoms with Gasteiger partial charge in [-0.15, -0.1) is 0 Å². The summed E-state index contributed by atoms with van der Waals surface area (Å²) in [5.41, 5.74) is 5.55. The summed E-state index contributed by atoms with van der Waals surface area (Å²) in [5.74, 6) is -1.90. The third kappa shape index (κ3) is 9.44. The molecule has 3 amide bonds. The maximum absolute atomic E-state index is 14.0. The molecular formula is C41H40N4O5. The molecule has 9 heteroatoms. The summed E-state index contributed by atoms with van der Waals surface area (Å²) in [4.78, 5) is 54.4. The van der Waals surface area contributed by atoms with Crippen LogP contribution in [0.1, 0.15) is 56.0 Å². The van der Waals surface area contributed by atoms with Crippen molar-refractivity contribution in [2.24, 2.45) is 5.92 Å². The van der Waals surface area contributed by atoms with E-state index in [1.807, 2.05) is 86.6 Å². The van der Waals surface area contributed by atoms with E-state index < -0.39 is 18.4 Å². The third-order valence-electron chi connectivity index (χ3n) is 7.96. The van der Waals surface area contributed by atoms with Gasteiger partial charge in [-0.2, -0.15) is 0 Å². The minimum atomic E-state index is -1.14. The minimum Gasteiger partial charge on any atom is -0.480 e. The Kier molecular flexibility index (Phi) is 11.8. The van der Waals surface area contributed by atoms with Gasteiger partial charge < -0.3 is 25.5 Å². The molecule has 5 aromatic rings. The Balaban J connectivity index is 1.35. The van der Waals surface area contributed by atoms with Crippen molar-refractivity contribution < 1.29 is 24.3 Å². The van der Waals surface area contributed by atoms with E-state index in [0.717, 1.165) is 16.8 Å². The Morgan fingerprint density at radius 2 is 1.08 bits per heavy atom. The van der Waals surface area contributed by atoms with Gasteiger partial charge in [0.1, 0.15) is 6.54 Å². The first-order chi connectivity index (χ1) is 24.2. The Labute approximate surface area is 292 Å². The SMILES string of the molecule is CC(C)CN(C(=O)c1ccc(N(Cc2ccccc2)C(=O)c2ccc(NCc3ccccc3)cc2)cc1)c1ccc(C(=O)NCC(=O)O)cc1. The van der Waals surface area contributed by atoms with Crippen molar-refractivity contribution in [1.29, 1.82) is 0 Å². The highest BCUT2D eigenvalue weighted by Gasteiger charge is 2.22. The summed E-state index contributed by atoms with van der Waals surface area (Å²) in [5, 5.41) is 14.6. The molecule has 254 valence electrons. The Hall–Kier alpha value is -6.22. The second kappa shape index (κ2) is 16.7. The molecule has 0 fully saturated rings. The van der Waals surface area contributed by atoms with Gasteiger partial charge in [-0.3, -0.25) is 19.2 Å². The maximum atomic E-state index is 14.0. The van der Waals surface area contributed by atoms with Crippen LogP contribution in [0.2, 0.25) is 0 Å². The number of carbonyl (C=O) groups is 4. The molecule has 0 aliphatic rings. The van der Waals surface area contributed by atoms with E-state index in [0.29, 0.717) is 42.1 Å². The average molecular weight is 669 g/mol. The van der Waals surface area contributed by atoms with Crippen molar-refractivity contribution >= 4 is 40.8 Å². The van der Waals surface area contributed by atoms with Crippen LogP contribution in [0, 0.1) is 5.92 Å². The van der Waals surface area contributed by atoms with Gasteiger partial charge in [-0.05, 0) is 89.8 Å². The van der Waals surface area contributed by atoms with Crippen LogP contribution >= 0.6 is 0 Å². The first-order valence-corrected chi connectivity index (χ1v) is 16.4. The Bertz CT molecular complexity index is 1890. The lowest BCUT2D eigenvalue weighted by Crippen LogP contribution is -2.34. The number of benzene rings is 5. The summed E-state index contributed by atoms with van der Waals surface area (Å²) in [6.45, 7) is 4.98. The fourth-order valence-electron chi connectivity index (χ4n) is 5.39. The van der Waals surface area contributed by atoms with E-state index in [-0.39, 0.29) is 23.3 Å². The lowest BCUT2D eigenvalue weighted by molar-refractivity contribution is -0.135. The van der Waals surface area contributed by atoms with Crippen LogP contribution in [-0.4, -0.2) is 41.9 Å². The molecule has 5 rings (SSSR count). The second-order valence-corrected chi connectivity index (χ2v) is 12.3. The fourth-order valence-corrected chi connectivity index (χ4v) is 5.39. The van der Waals surface area contributed by atoms with Crippen molar-refractivity contribution in [2.75, 3.05) is 28.2 Å². The van der Waals surface area contributed by atoms with Crippen LogP contribution in [0.4, 0.5) is 17.1 Å². The van der Waals surface area contributed by atoms with Gasteiger partial charge in [0.15, 0.2) is 0 Å². The molecule has 0 heterocycles. The molecule has 0 aliphatic carbocycles. The van der Waals surface area contributed by atoms with E-state index in [2.05, 4.69) is 22.8 Å². The molecule has 0 aromatic heterocycles. The van der Waals surface area contributed by atoms with Crippen molar-refractivity contribution in [3.63, 3.8) is 0 Å². The quantitative estimate of drug-likeness (QED) is 0.115. The number of carboxylic acid groups (broad SMARTS) is 1. The zero-order valence-electron chi connectivity index (χ0n) is 28.1. The van der Waals surface area contributed by atoms with Gasteiger partial charge in [-0.25, -0.2) is 0 Å². The number of amides is 3. The maximum Gasteiger partial charge on any atom is 0.322 e. The minimum absolute atomic E-state index is 0.149. The summed E-state index contributed by atoms with van der Waals surface area (Å²) >= 11 is 0. The molecule has 5 aromatic carbocycles. The molecule has 0 spiro atoms. The van der Waals surface area contributed by atoms with Gasteiger partial charge in [0.05, 0.1) is 6.54 Å². The first kappa shape index (κ1) is 35.1. The van der Waals surface area contributed by atoms with E-state index in [4.69, 9.17) is 5.11 Å². The third-order valence-corrected chi connectivity index (χ3v) is 7.96. The molecule has 0 atom stereocenters. The molecule has 0 bridgehead atoms. The molecular weight excluding hydrogens is 628 g/mol. The molecule has 0 aliphatic heterocycles. The van der Waals surface area contributed by atoms with E-state index in [9.17, 15) is 19.2 Å². The zero-order valence-corrected chi connectivity index (χ0v) is 28.1. The molecule has 0 radical (unpaired) electrons. The van der Waals surface area contributed by atoms with E-state index >= 15 is 0 Å². The number of nitrogens with zero attached hydrogens (tertiary/aromatic N) is 2. The zero-order chi connectivity index (χ0) is 35.5. The lowest BCUT2D eigenvalue weighted by Gasteiger charge is -2.26. The van der Waals surface area contributed by atoms with E-state index in [1.165, 1.54) is 0 Å². The second-order valence-electron chi connectivity index (χ2n) is 12.3. The lowest BCUT2D eigenvalue weighted by atomic mass is 10.1. The molecule has 3 N–H and O–H groups in total. The van der Waals surface area contributed by atoms with Gasteiger partial charge in [0, 0.05) is 46.8 Å². The monoisotopic (exact) mass is 668 g/mol. The number of aliphatic carboxylic acids is 1. The van der Waals surface area contributed by atoms with E-state index in [1.54, 1.807) is 58.3 Å².